The molecular formula is C18H18BrFO5. The summed E-state index contributed by atoms with van der Waals surface area (Å²) in [5, 5.41) is 0. The molecule has 2 rings (SSSR count). The lowest BCUT2D eigenvalue weighted by Gasteiger charge is -2.20. The SMILES string of the molecule is COC(=O)c1ccc(Oc2c(C)cc(F)cc2C(OC)OC)c(Br)c1. The number of esters is 1. The van der Waals surface area contributed by atoms with Gasteiger partial charge in [0, 0.05) is 14.2 Å². The Morgan fingerprint density at radius 1 is 1.12 bits per heavy atom. The monoisotopic (exact) mass is 412 g/mol. The smallest absolute Gasteiger partial charge is 0.337 e. The van der Waals surface area contributed by atoms with Crippen molar-refractivity contribution in [3.8, 4) is 11.5 Å². The Hall–Kier alpha value is -1.96. The summed E-state index contributed by atoms with van der Waals surface area (Å²) in [4.78, 5) is 11.6. The number of benzene rings is 2. The Bertz CT molecular complexity index is 774. The molecule has 0 aliphatic heterocycles. The molecule has 0 bridgehead atoms. The maximum atomic E-state index is 13.8. The molecule has 0 saturated heterocycles. The second-order valence-corrected chi connectivity index (χ2v) is 6.04. The first-order valence-corrected chi connectivity index (χ1v) is 8.12. The van der Waals surface area contributed by atoms with E-state index in [4.69, 9.17) is 14.2 Å². The molecule has 0 spiro atoms. The van der Waals surface area contributed by atoms with Gasteiger partial charge in [-0.1, -0.05) is 0 Å². The predicted octanol–water partition coefficient (Wildman–Crippen LogP) is 4.77. The van der Waals surface area contributed by atoms with Crippen LogP contribution in [0.4, 0.5) is 4.39 Å². The number of ether oxygens (including phenoxy) is 4. The molecule has 5 nitrogen and oxygen atoms in total. The molecule has 0 N–H and O–H groups in total. The Kier molecular flexibility index (Phi) is 6.52. The fourth-order valence-electron chi connectivity index (χ4n) is 2.36. The first kappa shape index (κ1) is 19.4. The summed E-state index contributed by atoms with van der Waals surface area (Å²) in [6.45, 7) is 1.72. The van der Waals surface area contributed by atoms with Crippen molar-refractivity contribution in [1.82, 2.24) is 0 Å². The Morgan fingerprint density at radius 3 is 2.36 bits per heavy atom. The molecule has 0 atom stereocenters. The number of carbonyl (C=O) groups is 1. The van der Waals surface area contributed by atoms with Crippen molar-refractivity contribution in [2.24, 2.45) is 0 Å². The van der Waals surface area contributed by atoms with E-state index in [1.165, 1.54) is 33.5 Å². The van der Waals surface area contributed by atoms with Crippen LogP contribution < -0.4 is 4.74 Å². The molecule has 7 heteroatoms. The van der Waals surface area contributed by atoms with E-state index in [2.05, 4.69) is 20.7 Å². The third kappa shape index (κ3) is 4.36. The van der Waals surface area contributed by atoms with E-state index >= 15 is 0 Å². The van der Waals surface area contributed by atoms with E-state index in [-0.39, 0.29) is 0 Å². The maximum Gasteiger partial charge on any atom is 0.337 e. The molecule has 0 unspecified atom stereocenters. The first-order chi connectivity index (χ1) is 11.9. The highest BCUT2D eigenvalue weighted by atomic mass is 79.9. The van der Waals surface area contributed by atoms with Gasteiger partial charge in [0.2, 0.25) is 0 Å². The Balaban J connectivity index is 2.45. The van der Waals surface area contributed by atoms with Gasteiger partial charge < -0.3 is 18.9 Å². The van der Waals surface area contributed by atoms with Crippen molar-refractivity contribution in [2.75, 3.05) is 21.3 Å². The predicted molar refractivity (Wildman–Crippen MR) is 93.5 cm³/mol. The van der Waals surface area contributed by atoms with Crippen molar-refractivity contribution in [3.63, 3.8) is 0 Å². The second kappa shape index (κ2) is 8.42. The van der Waals surface area contributed by atoms with Gasteiger partial charge in [0.05, 0.1) is 22.7 Å². The lowest BCUT2D eigenvalue weighted by molar-refractivity contribution is -0.107. The van der Waals surface area contributed by atoms with E-state index in [1.54, 1.807) is 25.1 Å². The van der Waals surface area contributed by atoms with Gasteiger partial charge in [-0.2, -0.15) is 0 Å². The minimum Gasteiger partial charge on any atom is -0.465 e. The van der Waals surface area contributed by atoms with E-state index < -0.39 is 18.1 Å². The summed E-state index contributed by atoms with van der Waals surface area (Å²) in [5.41, 5.74) is 1.38. The van der Waals surface area contributed by atoms with Crippen LogP contribution in [0.2, 0.25) is 0 Å². The number of carbonyl (C=O) groups excluding carboxylic acids is 1. The molecule has 0 aliphatic carbocycles. The fraction of sp³-hybridized carbons (Fsp3) is 0.278. The molecule has 2 aromatic rings. The van der Waals surface area contributed by atoms with Gasteiger partial charge in [-0.15, -0.1) is 0 Å². The average molecular weight is 413 g/mol. The third-order valence-corrected chi connectivity index (χ3v) is 4.13. The van der Waals surface area contributed by atoms with Crippen molar-refractivity contribution in [3.05, 3.63) is 57.3 Å². The minimum absolute atomic E-state index is 0.379. The van der Waals surface area contributed by atoms with Gasteiger partial charge in [0.1, 0.15) is 17.3 Å². The molecule has 0 saturated carbocycles. The van der Waals surface area contributed by atoms with Crippen LogP contribution >= 0.6 is 15.9 Å². The van der Waals surface area contributed by atoms with Crippen molar-refractivity contribution >= 4 is 21.9 Å². The van der Waals surface area contributed by atoms with E-state index in [1.807, 2.05) is 0 Å². The first-order valence-electron chi connectivity index (χ1n) is 7.32. The molecule has 2 aromatic carbocycles. The summed E-state index contributed by atoms with van der Waals surface area (Å²) < 4.78 is 35.5. The molecule has 0 fully saturated rings. The average Bonchev–Trinajstić information content (AvgIpc) is 2.59. The number of rotatable bonds is 6. The largest absolute Gasteiger partial charge is 0.465 e. The third-order valence-electron chi connectivity index (χ3n) is 3.52. The van der Waals surface area contributed by atoms with Gasteiger partial charge in [0.25, 0.3) is 0 Å². The second-order valence-electron chi connectivity index (χ2n) is 5.18. The van der Waals surface area contributed by atoms with Crippen molar-refractivity contribution in [2.45, 2.75) is 13.2 Å². The number of aryl methyl sites for hydroxylation is 1. The molecular weight excluding hydrogens is 395 g/mol. The van der Waals surface area contributed by atoms with Crippen LogP contribution in [0.5, 0.6) is 11.5 Å². The number of halogens is 2. The highest BCUT2D eigenvalue weighted by Crippen LogP contribution is 2.38. The van der Waals surface area contributed by atoms with Crippen LogP contribution in [0, 0.1) is 12.7 Å². The van der Waals surface area contributed by atoms with Crippen LogP contribution in [-0.4, -0.2) is 27.3 Å². The number of methoxy groups -OCH3 is 3. The fourth-order valence-corrected chi connectivity index (χ4v) is 2.82. The van der Waals surface area contributed by atoms with Crippen molar-refractivity contribution < 1.29 is 28.1 Å². The zero-order valence-electron chi connectivity index (χ0n) is 14.3. The molecule has 25 heavy (non-hydrogen) atoms. The van der Waals surface area contributed by atoms with Gasteiger partial charge in [0.15, 0.2) is 6.29 Å². The van der Waals surface area contributed by atoms with Crippen LogP contribution in [0.1, 0.15) is 27.8 Å². The zero-order valence-corrected chi connectivity index (χ0v) is 15.8. The molecule has 134 valence electrons. The summed E-state index contributed by atoms with van der Waals surface area (Å²) in [6.07, 6.45) is -0.780. The maximum absolute atomic E-state index is 13.8. The van der Waals surface area contributed by atoms with Crippen molar-refractivity contribution in [1.29, 1.82) is 0 Å². The summed E-state index contributed by atoms with van der Waals surface area (Å²) >= 11 is 3.37. The standard InChI is InChI=1S/C18H18BrFO5/c1-10-7-12(20)9-13(18(23-3)24-4)16(10)25-15-6-5-11(8-14(15)19)17(21)22-2/h5-9,18H,1-4H3. The lowest BCUT2D eigenvalue weighted by Crippen LogP contribution is -2.07. The number of hydrogen-bond donors (Lipinski definition) is 0. The molecule has 0 amide bonds. The van der Waals surface area contributed by atoms with E-state index in [0.29, 0.717) is 32.7 Å². The minimum atomic E-state index is -0.780. The van der Waals surface area contributed by atoms with Gasteiger partial charge in [-0.3, -0.25) is 0 Å². The number of hydrogen-bond acceptors (Lipinski definition) is 5. The normalized spacial score (nSPS) is 10.8. The quantitative estimate of drug-likeness (QED) is 0.505. The van der Waals surface area contributed by atoms with Gasteiger partial charge >= 0.3 is 5.97 Å². The summed E-state index contributed by atoms with van der Waals surface area (Å²) in [7, 11) is 4.23. The van der Waals surface area contributed by atoms with Crippen LogP contribution in [0.3, 0.4) is 0 Å². The topological polar surface area (TPSA) is 54.0 Å². The zero-order chi connectivity index (χ0) is 18.6. The molecule has 0 radical (unpaired) electrons. The van der Waals surface area contributed by atoms with Crippen LogP contribution in [0.15, 0.2) is 34.8 Å². The molecule has 0 aromatic heterocycles. The highest BCUT2D eigenvalue weighted by molar-refractivity contribution is 9.10. The van der Waals surface area contributed by atoms with E-state index in [0.717, 1.165) is 0 Å². The van der Waals surface area contributed by atoms with Crippen LogP contribution in [-0.2, 0) is 14.2 Å². The molecule has 0 heterocycles. The Morgan fingerprint density at radius 2 is 1.80 bits per heavy atom. The molecule has 0 aliphatic rings. The Labute approximate surface area is 153 Å². The summed E-state index contributed by atoms with van der Waals surface area (Å²) in [5.74, 6) is -0.0000259. The van der Waals surface area contributed by atoms with Gasteiger partial charge in [-0.05, 0) is 58.7 Å². The van der Waals surface area contributed by atoms with E-state index in [9.17, 15) is 9.18 Å². The highest BCUT2D eigenvalue weighted by Gasteiger charge is 2.20. The lowest BCUT2D eigenvalue weighted by atomic mass is 10.1. The summed E-state index contributed by atoms with van der Waals surface area (Å²) in [6, 6.07) is 7.45. The van der Waals surface area contributed by atoms with Crippen LogP contribution in [0.25, 0.3) is 0 Å². The van der Waals surface area contributed by atoms with Gasteiger partial charge in [-0.25, -0.2) is 9.18 Å².